The second-order valence-electron chi connectivity index (χ2n) is 2.08. The normalized spacial score (nSPS) is 8.20. The zero-order valence-corrected chi connectivity index (χ0v) is 9.83. The van der Waals surface area contributed by atoms with Crippen molar-refractivity contribution < 1.29 is 0 Å². The van der Waals surface area contributed by atoms with Crippen molar-refractivity contribution in [1.29, 1.82) is 0 Å². The zero-order valence-electron chi connectivity index (χ0n) is 6.70. The molecule has 0 aromatic carbocycles. The first-order valence-corrected chi connectivity index (χ1v) is 2.89. The van der Waals surface area contributed by atoms with E-state index in [0.29, 0.717) is 0 Å². The summed E-state index contributed by atoms with van der Waals surface area (Å²) in [6, 6.07) is 5.86. The Balaban J connectivity index is 0.000000810. The fraction of sp³-hybridized carbons (Fsp3) is 0.286. The van der Waals surface area contributed by atoms with Crippen LogP contribution >= 0.6 is 0 Å². The van der Waals surface area contributed by atoms with Gasteiger partial charge in [0.15, 0.2) is 0 Å². The maximum absolute atomic E-state index is 4.10. The molecule has 0 aliphatic carbocycles. The molecule has 49 valence electrons. The predicted octanol–water partition coefficient (Wildman–Crippen LogP) is 0.767. The maximum Gasteiger partial charge on any atom is 0.127 e. The molecule has 0 amide bonds. The van der Waals surface area contributed by atoms with E-state index in [0.717, 1.165) is 5.82 Å². The first-order valence-electron chi connectivity index (χ1n) is 2.89. The SMILES string of the molecule is CN(C)c1ccccn1.[K]. The molecule has 2 nitrogen and oxygen atoms in total. The number of rotatable bonds is 1. The van der Waals surface area contributed by atoms with E-state index >= 15 is 0 Å². The van der Waals surface area contributed by atoms with Gasteiger partial charge in [-0.05, 0) is 12.1 Å². The van der Waals surface area contributed by atoms with Crippen LogP contribution in [0.15, 0.2) is 24.4 Å². The van der Waals surface area contributed by atoms with E-state index < -0.39 is 0 Å². The number of anilines is 1. The summed E-state index contributed by atoms with van der Waals surface area (Å²) in [6.07, 6.45) is 1.79. The first kappa shape index (κ1) is 10.6. The number of hydrogen-bond donors (Lipinski definition) is 0. The molecule has 1 radical (unpaired) electrons. The molecule has 0 bridgehead atoms. The Hall–Kier alpha value is 0.586. The van der Waals surface area contributed by atoms with Crippen LogP contribution in [-0.2, 0) is 0 Å². The Labute approximate surface area is 104 Å². The number of nitrogens with zero attached hydrogens (tertiary/aromatic N) is 2. The van der Waals surface area contributed by atoms with E-state index in [4.69, 9.17) is 0 Å². The summed E-state index contributed by atoms with van der Waals surface area (Å²) in [5.41, 5.74) is 0. The van der Waals surface area contributed by atoms with Gasteiger partial charge in [0, 0.05) is 71.7 Å². The minimum Gasteiger partial charge on any atom is -0.363 e. The van der Waals surface area contributed by atoms with Gasteiger partial charge in [0.2, 0.25) is 0 Å². The van der Waals surface area contributed by atoms with Crippen molar-refractivity contribution in [2.24, 2.45) is 0 Å². The van der Waals surface area contributed by atoms with Gasteiger partial charge in [-0.1, -0.05) is 6.07 Å². The molecule has 1 aromatic rings. The molecule has 1 aromatic heterocycles. The summed E-state index contributed by atoms with van der Waals surface area (Å²) in [6.45, 7) is 0. The standard InChI is InChI=1S/C7H10N2.K/c1-9(2)7-5-3-4-6-8-7;/h3-6H,1-2H3;. The van der Waals surface area contributed by atoms with Crippen LogP contribution in [0.4, 0.5) is 5.82 Å². The fourth-order valence-corrected chi connectivity index (χ4v) is 0.618. The van der Waals surface area contributed by atoms with Crippen molar-refractivity contribution in [3.8, 4) is 0 Å². The molecule has 1 heterocycles. The number of aromatic nitrogens is 1. The van der Waals surface area contributed by atoms with Gasteiger partial charge in [-0.2, -0.15) is 0 Å². The summed E-state index contributed by atoms with van der Waals surface area (Å²) >= 11 is 0. The average Bonchev–Trinajstić information content (AvgIpc) is 1.90. The van der Waals surface area contributed by atoms with E-state index in [9.17, 15) is 0 Å². The molecule has 0 atom stereocenters. The van der Waals surface area contributed by atoms with Crippen LogP contribution in [0.1, 0.15) is 0 Å². The largest absolute Gasteiger partial charge is 0.363 e. The minimum absolute atomic E-state index is 0. The van der Waals surface area contributed by atoms with E-state index in [2.05, 4.69) is 4.98 Å². The summed E-state index contributed by atoms with van der Waals surface area (Å²) in [7, 11) is 3.95. The third-order valence-electron chi connectivity index (χ3n) is 1.11. The maximum atomic E-state index is 4.10. The second-order valence-corrected chi connectivity index (χ2v) is 2.08. The van der Waals surface area contributed by atoms with Crippen molar-refractivity contribution in [1.82, 2.24) is 4.98 Å². The van der Waals surface area contributed by atoms with Crippen molar-refractivity contribution in [3.63, 3.8) is 0 Å². The van der Waals surface area contributed by atoms with Gasteiger partial charge in [0.25, 0.3) is 0 Å². The quantitative estimate of drug-likeness (QED) is 0.565. The van der Waals surface area contributed by atoms with Gasteiger partial charge in [-0.15, -0.1) is 0 Å². The molecular formula is C7H10KN2. The number of hydrogen-bond acceptors (Lipinski definition) is 2. The van der Waals surface area contributed by atoms with Crippen LogP contribution in [0.5, 0.6) is 0 Å². The molecule has 0 spiro atoms. The molecule has 0 unspecified atom stereocenters. The van der Waals surface area contributed by atoms with Gasteiger partial charge in [0.1, 0.15) is 5.82 Å². The molecule has 0 fully saturated rings. The Bertz CT molecular complexity index is 174. The molecule has 0 aliphatic rings. The van der Waals surface area contributed by atoms with Crippen molar-refractivity contribution in [2.75, 3.05) is 19.0 Å². The van der Waals surface area contributed by atoms with E-state index in [1.807, 2.05) is 37.2 Å². The van der Waals surface area contributed by atoms with E-state index in [-0.39, 0.29) is 51.4 Å². The summed E-state index contributed by atoms with van der Waals surface area (Å²) in [5, 5.41) is 0. The van der Waals surface area contributed by atoms with Gasteiger partial charge in [0.05, 0.1) is 0 Å². The Kier molecular flexibility index (Phi) is 5.57. The molecule has 0 saturated carbocycles. The average molecular weight is 161 g/mol. The zero-order chi connectivity index (χ0) is 6.69. The van der Waals surface area contributed by atoms with Crippen molar-refractivity contribution in [2.45, 2.75) is 0 Å². The van der Waals surface area contributed by atoms with Crippen LogP contribution in [0.2, 0.25) is 0 Å². The third-order valence-corrected chi connectivity index (χ3v) is 1.11. The minimum atomic E-state index is 0. The van der Waals surface area contributed by atoms with E-state index in [1.54, 1.807) is 6.20 Å². The molecule has 3 heteroatoms. The Morgan fingerprint density at radius 1 is 1.30 bits per heavy atom. The fourth-order valence-electron chi connectivity index (χ4n) is 0.618. The molecule has 0 saturated heterocycles. The van der Waals surface area contributed by atoms with Gasteiger partial charge in [-0.25, -0.2) is 4.98 Å². The van der Waals surface area contributed by atoms with Crippen LogP contribution in [0, 0.1) is 0 Å². The molecular weight excluding hydrogens is 151 g/mol. The Morgan fingerprint density at radius 2 is 2.00 bits per heavy atom. The second kappa shape index (κ2) is 5.26. The van der Waals surface area contributed by atoms with Gasteiger partial charge in [-0.3, -0.25) is 0 Å². The predicted molar refractivity (Wildman–Crippen MR) is 44.3 cm³/mol. The van der Waals surface area contributed by atoms with Crippen LogP contribution < -0.4 is 4.90 Å². The smallest absolute Gasteiger partial charge is 0.127 e. The third kappa shape index (κ3) is 3.12. The van der Waals surface area contributed by atoms with Crippen LogP contribution in [0.25, 0.3) is 0 Å². The topological polar surface area (TPSA) is 16.1 Å². The van der Waals surface area contributed by atoms with Crippen molar-refractivity contribution >= 4 is 57.2 Å². The molecule has 10 heavy (non-hydrogen) atoms. The molecule has 0 aliphatic heterocycles. The Morgan fingerprint density at radius 3 is 2.30 bits per heavy atom. The van der Waals surface area contributed by atoms with Gasteiger partial charge < -0.3 is 4.90 Å². The van der Waals surface area contributed by atoms with Crippen LogP contribution in [0.3, 0.4) is 0 Å². The monoisotopic (exact) mass is 161 g/mol. The summed E-state index contributed by atoms with van der Waals surface area (Å²) in [4.78, 5) is 6.08. The molecule has 0 N–H and O–H groups in total. The van der Waals surface area contributed by atoms with E-state index in [1.165, 1.54) is 0 Å². The van der Waals surface area contributed by atoms with Crippen LogP contribution in [-0.4, -0.2) is 70.5 Å². The van der Waals surface area contributed by atoms with Gasteiger partial charge >= 0.3 is 0 Å². The van der Waals surface area contributed by atoms with Crippen molar-refractivity contribution in [3.05, 3.63) is 24.4 Å². The summed E-state index contributed by atoms with van der Waals surface area (Å²) in [5.74, 6) is 0.998. The summed E-state index contributed by atoms with van der Waals surface area (Å²) < 4.78 is 0. The molecule has 1 rings (SSSR count). The number of pyridine rings is 1. The first-order chi connectivity index (χ1) is 4.30.